The Kier molecular flexibility index (Phi) is 12.0. The molecule has 2 heterocycles. The van der Waals surface area contributed by atoms with Gasteiger partial charge in [0.2, 0.25) is 5.91 Å². The molecule has 1 N–H and O–H groups in total. The van der Waals surface area contributed by atoms with E-state index in [0.29, 0.717) is 13.2 Å². The van der Waals surface area contributed by atoms with Crippen LogP contribution < -0.4 is 15.0 Å². The van der Waals surface area contributed by atoms with Crippen LogP contribution in [0.25, 0.3) is 0 Å². The third kappa shape index (κ3) is 8.36. The molecule has 3 amide bonds. The summed E-state index contributed by atoms with van der Waals surface area (Å²) in [5.41, 5.74) is 5.94. The molecule has 1 unspecified atom stereocenters. The van der Waals surface area contributed by atoms with Gasteiger partial charge in [-0.05, 0) is 85.5 Å². The first-order valence-corrected chi connectivity index (χ1v) is 17.8. The van der Waals surface area contributed by atoms with E-state index in [1.165, 1.54) is 32.4 Å². The van der Waals surface area contributed by atoms with E-state index in [1.54, 1.807) is 4.90 Å². The fraction of sp³-hybridized carbons (Fsp3) is 0.500. The van der Waals surface area contributed by atoms with E-state index in [2.05, 4.69) is 69.1 Å². The number of nitrogens with zero attached hydrogens (tertiary/aromatic N) is 3. The van der Waals surface area contributed by atoms with Crippen molar-refractivity contribution in [2.24, 2.45) is 0 Å². The molecule has 0 aromatic heterocycles. The highest BCUT2D eigenvalue weighted by molar-refractivity contribution is 6.01. The van der Waals surface area contributed by atoms with Crippen LogP contribution >= 0.6 is 0 Å². The first-order chi connectivity index (χ1) is 22.8. The largest absolute Gasteiger partial charge is 0.494 e. The second kappa shape index (κ2) is 16.3. The number of unbranched alkanes of at least 4 members (excludes halogenated alkanes) is 1. The molecular weight excluding hydrogens is 584 g/mol. The molecule has 47 heavy (non-hydrogen) atoms. The molecule has 7 heteroatoms. The summed E-state index contributed by atoms with van der Waals surface area (Å²) in [5.74, 6) is 1.08. The van der Waals surface area contributed by atoms with E-state index in [9.17, 15) is 9.59 Å². The zero-order valence-electron chi connectivity index (χ0n) is 29.1. The van der Waals surface area contributed by atoms with Gasteiger partial charge in [0.05, 0.1) is 18.3 Å². The summed E-state index contributed by atoms with van der Waals surface area (Å²) in [6.07, 6.45) is 6.74. The maximum atomic E-state index is 14.4. The first-order valence-electron chi connectivity index (χ1n) is 17.8. The lowest BCUT2D eigenvalue weighted by Gasteiger charge is -2.43. The molecule has 5 rings (SSSR count). The lowest BCUT2D eigenvalue weighted by Crippen LogP contribution is -2.52. The number of rotatable bonds is 14. The van der Waals surface area contributed by atoms with Crippen molar-refractivity contribution >= 4 is 23.3 Å². The SMILES string of the molecule is CCCCN1C(=O)N(CC(=O)Nc2c(C(C)C)cccc2C(C)C)C(c2cccc(OCCCN3CCCCC3)c2)c2ccccc21. The zero-order chi connectivity index (χ0) is 33.3. The third-order valence-electron chi connectivity index (χ3n) is 9.51. The topological polar surface area (TPSA) is 65.1 Å². The zero-order valence-corrected chi connectivity index (χ0v) is 29.1. The van der Waals surface area contributed by atoms with Gasteiger partial charge < -0.3 is 19.9 Å². The van der Waals surface area contributed by atoms with Crippen molar-refractivity contribution in [2.75, 3.05) is 49.5 Å². The molecule has 0 aliphatic carbocycles. The van der Waals surface area contributed by atoms with Gasteiger partial charge in [-0.25, -0.2) is 4.79 Å². The van der Waals surface area contributed by atoms with Gasteiger partial charge in [-0.3, -0.25) is 9.69 Å². The molecule has 0 bridgehead atoms. The van der Waals surface area contributed by atoms with Crippen LogP contribution in [0.3, 0.4) is 0 Å². The van der Waals surface area contributed by atoms with Crippen molar-refractivity contribution in [3.63, 3.8) is 0 Å². The average Bonchev–Trinajstić information content (AvgIpc) is 3.07. The van der Waals surface area contributed by atoms with Gasteiger partial charge in [0, 0.05) is 24.3 Å². The van der Waals surface area contributed by atoms with E-state index < -0.39 is 6.04 Å². The van der Waals surface area contributed by atoms with Crippen molar-refractivity contribution in [1.29, 1.82) is 0 Å². The predicted octanol–water partition coefficient (Wildman–Crippen LogP) is 8.96. The number of hydrogen-bond acceptors (Lipinski definition) is 4. The summed E-state index contributed by atoms with van der Waals surface area (Å²) in [6.45, 7) is 15.3. The van der Waals surface area contributed by atoms with E-state index in [1.807, 2.05) is 47.4 Å². The van der Waals surface area contributed by atoms with Gasteiger partial charge in [-0.1, -0.05) is 96.0 Å². The number of fused-ring (bicyclic) bond motifs is 1. The Morgan fingerprint density at radius 3 is 2.28 bits per heavy atom. The van der Waals surface area contributed by atoms with Crippen molar-refractivity contribution < 1.29 is 14.3 Å². The Bertz CT molecular complexity index is 1470. The van der Waals surface area contributed by atoms with Crippen LogP contribution in [0.2, 0.25) is 0 Å². The maximum Gasteiger partial charge on any atom is 0.325 e. The summed E-state index contributed by atoms with van der Waals surface area (Å²) in [6, 6.07) is 21.9. The van der Waals surface area contributed by atoms with Gasteiger partial charge in [-0.2, -0.15) is 0 Å². The number of nitrogens with one attached hydrogen (secondary N) is 1. The number of hydrogen-bond donors (Lipinski definition) is 1. The number of piperidine rings is 1. The second-order valence-electron chi connectivity index (χ2n) is 13.7. The van der Waals surface area contributed by atoms with Gasteiger partial charge >= 0.3 is 6.03 Å². The van der Waals surface area contributed by atoms with Crippen LogP contribution in [0.1, 0.15) is 113 Å². The van der Waals surface area contributed by atoms with E-state index in [-0.39, 0.29) is 30.3 Å². The number of ether oxygens (including phenoxy) is 1. The van der Waals surface area contributed by atoms with Crippen LogP contribution in [-0.2, 0) is 4.79 Å². The monoisotopic (exact) mass is 638 g/mol. The average molecular weight is 639 g/mol. The summed E-state index contributed by atoms with van der Waals surface area (Å²) >= 11 is 0. The summed E-state index contributed by atoms with van der Waals surface area (Å²) < 4.78 is 6.26. The number of urea groups is 1. The summed E-state index contributed by atoms with van der Waals surface area (Å²) in [5, 5.41) is 3.26. The number of amides is 3. The van der Waals surface area contributed by atoms with Crippen LogP contribution in [-0.4, -0.2) is 61.1 Å². The minimum atomic E-state index is -0.427. The van der Waals surface area contributed by atoms with Gasteiger partial charge in [0.15, 0.2) is 0 Å². The van der Waals surface area contributed by atoms with E-state index in [4.69, 9.17) is 4.74 Å². The quantitative estimate of drug-likeness (QED) is 0.179. The molecule has 3 aromatic rings. The lowest BCUT2D eigenvalue weighted by molar-refractivity contribution is -0.117. The summed E-state index contributed by atoms with van der Waals surface area (Å²) in [4.78, 5) is 34.5. The van der Waals surface area contributed by atoms with Crippen LogP contribution in [0, 0.1) is 0 Å². The van der Waals surface area contributed by atoms with Gasteiger partial charge in [0.1, 0.15) is 12.3 Å². The van der Waals surface area contributed by atoms with Gasteiger partial charge in [-0.15, -0.1) is 0 Å². The molecule has 252 valence electrons. The Labute approximate surface area is 282 Å². The Morgan fingerprint density at radius 2 is 1.57 bits per heavy atom. The highest BCUT2D eigenvalue weighted by atomic mass is 16.5. The standard InChI is InChI=1S/C40H54N4O3/c1-6-7-25-43-36-21-10-9-18-35(36)39(31-16-13-17-32(27-31)47-26-15-24-42-22-11-8-12-23-42)44(40(43)46)28-37(45)41-38-33(29(2)3)19-14-20-34(38)30(4)5/h9-10,13-14,16-21,27,29-30,39H,6-8,11-12,15,22-26,28H2,1-5H3,(H,41,45). The number of carbonyl (C=O) groups is 2. The van der Waals surface area contributed by atoms with E-state index in [0.717, 1.165) is 65.2 Å². The normalized spacial score (nSPS) is 16.9. The minimum Gasteiger partial charge on any atom is -0.494 e. The van der Waals surface area contributed by atoms with Crippen molar-refractivity contribution in [1.82, 2.24) is 9.80 Å². The molecule has 2 aliphatic heterocycles. The fourth-order valence-electron chi connectivity index (χ4n) is 7.02. The Morgan fingerprint density at radius 1 is 0.872 bits per heavy atom. The number of para-hydroxylation sites is 2. The van der Waals surface area contributed by atoms with Gasteiger partial charge in [0.25, 0.3) is 0 Å². The molecular formula is C40H54N4O3. The number of anilines is 2. The summed E-state index contributed by atoms with van der Waals surface area (Å²) in [7, 11) is 0. The van der Waals surface area contributed by atoms with Crippen LogP contribution in [0.15, 0.2) is 66.7 Å². The maximum absolute atomic E-state index is 14.4. The van der Waals surface area contributed by atoms with Crippen LogP contribution in [0.5, 0.6) is 5.75 Å². The third-order valence-corrected chi connectivity index (χ3v) is 9.51. The molecule has 0 spiro atoms. The molecule has 0 radical (unpaired) electrons. The second-order valence-corrected chi connectivity index (χ2v) is 13.7. The highest BCUT2D eigenvalue weighted by Gasteiger charge is 2.39. The smallest absolute Gasteiger partial charge is 0.325 e. The molecule has 7 nitrogen and oxygen atoms in total. The molecule has 2 aliphatic rings. The molecule has 0 saturated carbocycles. The molecule has 1 saturated heterocycles. The minimum absolute atomic E-state index is 0.0641. The Hall–Kier alpha value is -3.84. The van der Waals surface area contributed by atoms with Crippen molar-refractivity contribution in [3.8, 4) is 5.75 Å². The van der Waals surface area contributed by atoms with Crippen LogP contribution in [0.4, 0.5) is 16.2 Å². The molecule has 1 atom stereocenters. The van der Waals surface area contributed by atoms with Crippen molar-refractivity contribution in [3.05, 3.63) is 89.0 Å². The predicted molar refractivity (Wildman–Crippen MR) is 193 cm³/mol. The first kappa shape index (κ1) is 34.5. The number of benzene rings is 3. The van der Waals surface area contributed by atoms with Crippen molar-refractivity contribution in [2.45, 2.75) is 91.0 Å². The molecule has 1 fully saturated rings. The lowest BCUT2D eigenvalue weighted by atomic mass is 9.92. The van der Waals surface area contributed by atoms with E-state index >= 15 is 0 Å². The fourth-order valence-corrected chi connectivity index (χ4v) is 7.02. The highest BCUT2D eigenvalue weighted by Crippen LogP contribution is 2.41. The molecule has 3 aromatic carbocycles. The Balaban J connectivity index is 1.43. The number of carbonyl (C=O) groups excluding carboxylic acids is 2. The number of likely N-dealkylation sites (tertiary alicyclic amines) is 1.